The van der Waals surface area contributed by atoms with Crippen LogP contribution in [0.25, 0.3) is 0 Å². The molecule has 41 heavy (non-hydrogen) atoms. The molecule has 0 spiro atoms. The van der Waals surface area contributed by atoms with Crippen LogP contribution in [0.15, 0.2) is 71.6 Å². The highest BCUT2D eigenvalue weighted by atomic mass is 35.5. The molecule has 0 fully saturated rings. The van der Waals surface area contributed by atoms with Gasteiger partial charge in [0.25, 0.3) is 10.0 Å². The number of amides is 2. The van der Waals surface area contributed by atoms with Crippen LogP contribution in [0.3, 0.4) is 0 Å². The predicted molar refractivity (Wildman–Crippen MR) is 163 cm³/mol. The lowest BCUT2D eigenvalue weighted by molar-refractivity contribution is -0.139. The Morgan fingerprint density at radius 2 is 1.49 bits per heavy atom. The van der Waals surface area contributed by atoms with Gasteiger partial charge in [0.05, 0.1) is 17.7 Å². The Bertz CT molecular complexity index is 1450. The lowest BCUT2D eigenvalue weighted by Crippen LogP contribution is -2.51. The minimum absolute atomic E-state index is 0.0514. The van der Waals surface area contributed by atoms with Crippen molar-refractivity contribution in [2.45, 2.75) is 38.3 Å². The summed E-state index contributed by atoms with van der Waals surface area (Å²) < 4.78 is 33.9. The number of halogens is 3. The summed E-state index contributed by atoms with van der Waals surface area (Å²) in [5.74, 6) is -0.378. The van der Waals surface area contributed by atoms with E-state index in [1.54, 1.807) is 25.1 Å². The van der Waals surface area contributed by atoms with Gasteiger partial charge in [-0.2, -0.15) is 0 Å². The Kier molecular flexibility index (Phi) is 11.3. The third-order valence-electron chi connectivity index (χ3n) is 6.28. The molecular formula is C29H32Cl3N3O5S. The monoisotopic (exact) mass is 639 g/mol. The highest BCUT2D eigenvalue weighted by molar-refractivity contribution is 7.92. The largest absolute Gasteiger partial charge is 0.497 e. The second-order valence-corrected chi connectivity index (χ2v) is 12.8. The summed E-state index contributed by atoms with van der Waals surface area (Å²) >= 11 is 18.9. The molecule has 0 saturated heterocycles. The zero-order valence-electron chi connectivity index (χ0n) is 23.1. The Balaban J connectivity index is 2.05. The molecule has 0 aliphatic carbocycles. The van der Waals surface area contributed by atoms with Gasteiger partial charge in [0.2, 0.25) is 11.8 Å². The summed E-state index contributed by atoms with van der Waals surface area (Å²) in [7, 11) is -2.77. The van der Waals surface area contributed by atoms with Crippen LogP contribution in [-0.4, -0.2) is 51.4 Å². The number of hydrogen-bond donors (Lipinski definition) is 1. The summed E-state index contributed by atoms with van der Waals surface area (Å²) in [6.07, 6.45) is 0. The van der Waals surface area contributed by atoms with Gasteiger partial charge in [-0.15, -0.1) is 0 Å². The SMILES string of the molecule is COc1ccc(S(=O)(=O)N(CC(=O)N(Cc2c(Cl)cccc2Cl)C(C)C(=O)NCC(C)C)c2ccc(Cl)cc2)cc1. The number of anilines is 1. The van der Waals surface area contributed by atoms with Gasteiger partial charge in [-0.25, -0.2) is 8.42 Å². The summed E-state index contributed by atoms with van der Waals surface area (Å²) in [5, 5.41) is 3.85. The second kappa shape index (κ2) is 14.3. The molecule has 2 amide bonds. The van der Waals surface area contributed by atoms with Crippen LogP contribution in [0.4, 0.5) is 5.69 Å². The number of ether oxygens (including phenoxy) is 1. The summed E-state index contributed by atoms with van der Waals surface area (Å²) in [6.45, 7) is 5.14. The van der Waals surface area contributed by atoms with Crippen molar-refractivity contribution in [3.8, 4) is 5.75 Å². The van der Waals surface area contributed by atoms with E-state index in [2.05, 4.69) is 5.32 Å². The molecule has 8 nitrogen and oxygen atoms in total. The smallest absolute Gasteiger partial charge is 0.264 e. The number of sulfonamides is 1. The number of nitrogens with zero attached hydrogens (tertiary/aromatic N) is 2. The van der Waals surface area contributed by atoms with Crippen molar-refractivity contribution in [1.29, 1.82) is 0 Å². The average molecular weight is 641 g/mol. The molecule has 0 bridgehead atoms. The number of methoxy groups -OCH3 is 1. The maximum Gasteiger partial charge on any atom is 0.264 e. The number of nitrogens with one attached hydrogen (secondary N) is 1. The van der Waals surface area contributed by atoms with Gasteiger partial charge in [0.1, 0.15) is 18.3 Å². The molecule has 3 rings (SSSR count). The normalized spacial score (nSPS) is 12.1. The van der Waals surface area contributed by atoms with Gasteiger partial charge in [0.15, 0.2) is 0 Å². The molecule has 3 aromatic carbocycles. The Hall–Kier alpha value is -2.98. The molecule has 0 saturated carbocycles. The fraction of sp³-hybridized carbons (Fsp3) is 0.310. The van der Waals surface area contributed by atoms with Crippen LogP contribution in [0.2, 0.25) is 15.1 Å². The number of hydrogen-bond acceptors (Lipinski definition) is 5. The quantitative estimate of drug-likeness (QED) is 0.261. The van der Waals surface area contributed by atoms with E-state index in [1.165, 1.54) is 60.5 Å². The number of rotatable bonds is 12. The van der Waals surface area contributed by atoms with Crippen molar-refractivity contribution in [2.24, 2.45) is 5.92 Å². The fourth-order valence-electron chi connectivity index (χ4n) is 3.90. The van der Waals surface area contributed by atoms with Gasteiger partial charge in [-0.1, -0.05) is 54.7 Å². The van der Waals surface area contributed by atoms with Crippen molar-refractivity contribution in [2.75, 3.05) is 24.5 Å². The van der Waals surface area contributed by atoms with Gasteiger partial charge < -0.3 is 15.0 Å². The van der Waals surface area contributed by atoms with E-state index in [1.807, 2.05) is 13.8 Å². The second-order valence-electron chi connectivity index (χ2n) is 9.70. The number of carbonyl (C=O) groups excluding carboxylic acids is 2. The van der Waals surface area contributed by atoms with Gasteiger partial charge in [-0.3, -0.25) is 13.9 Å². The maximum atomic E-state index is 14.0. The Morgan fingerprint density at radius 1 is 0.902 bits per heavy atom. The summed E-state index contributed by atoms with van der Waals surface area (Å²) in [4.78, 5) is 28.3. The molecule has 220 valence electrons. The van der Waals surface area contributed by atoms with E-state index < -0.39 is 34.4 Å². The zero-order valence-corrected chi connectivity index (χ0v) is 26.2. The lowest BCUT2D eigenvalue weighted by atomic mass is 10.1. The topological polar surface area (TPSA) is 96.0 Å². The van der Waals surface area contributed by atoms with Crippen LogP contribution in [0.5, 0.6) is 5.75 Å². The first-order valence-electron chi connectivity index (χ1n) is 12.8. The van der Waals surface area contributed by atoms with E-state index in [4.69, 9.17) is 39.5 Å². The molecule has 1 unspecified atom stereocenters. The molecule has 3 aromatic rings. The molecule has 0 heterocycles. The van der Waals surface area contributed by atoms with E-state index in [-0.39, 0.29) is 23.0 Å². The molecule has 0 aliphatic heterocycles. The average Bonchev–Trinajstić information content (AvgIpc) is 2.94. The van der Waals surface area contributed by atoms with E-state index in [0.717, 1.165) is 4.31 Å². The van der Waals surface area contributed by atoms with Gasteiger partial charge in [-0.05, 0) is 73.5 Å². The molecule has 1 N–H and O–H groups in total. The van der Waals surface area contributed by atoms with E-state index >= 15 is 0 Å². The first-order valence-corrected chi connectivity index (χ1v) is 15.3. The predicted octanol–water partition coefficient (Wildman–Crippen LogP) is 6.04. The zero-order chi connectivity index (χ0) is 30.3. The number of carbonyl (C=O) groups is 2. The maximum absolute atomic E-state index is 14.0. The lowest BCUT2D eigenvalue weighted by Gasteiger charge is -2.32. The van der Waals surface area contributed by atoms with E-state index in [0.29, 0.717) is 32.9 Å². The van der Waals surface area contributed by atoms with Crippen molar-refractivity contribution in [3.63, 3.8) is 0 Å². The first-order chi connectivity index (χ1) is 19.3. The summed E-state index contributed by atoms with van der Waals surface area (Å²) in [5.41, 5.74) is 0.648. The minimum Gasteiger partial charge on any atom is -0.497 e. The molecule has 1 atom stereocenters. The van der Waals surface area contributed by atoms with Crippen LogP contribution in [-0.2, 0) is 26.2 Å². The van der Waals surface area contributed by atoms with Crippen molar-refractivity contribution in [3.05, 3.63) is 87.4 Å². The first kappa shape index (κ1) is 32.5. The molecule has 0 aromatic heterocycles. The van der Waals surface area contributed by atoms with Crippen molar-refractivity contribution >= 4 is 62.3 Å². The van der Waals surface area contributed by atoms with Crippen molar-refractivity contribution < 1.29 is 22.7 Å². The fourth-order valence-corrected chi connectivity index (χ4v) is 5.96. The van der Waals surface area contributed by atoms with Crippen LogP contribution in [0.1, 0.15) is 26.3 Å². The Morgan fingerprint density at radius 3 is 2.02 bits per heavy atom. The summed E-state index contributed by atoms with van der Waals surface area (Å²) in [6, 6.07) is 15.8. The van der Waals surface area contributed by atoms with Crippen LogP contribution in [0, 0.1) is 5.92 Å². The molecule has 0 radical (unpaired) electrons. The Labute approximate surface area is 256 Å². The molecule has 12 heteroatoms. The highest BCUT2D eigenvalue weighted by Gasteiger charge is 2.33. The van der Waals surface area contributed by atoms with Crippen molar-refractivity contribution in [1.82, 2.24) is 10.2 Å². The van der Waals surface area contributed by atoms with Crippen LogP contribution < -0.4 is 14.4 Å². The molecular weight excluding hydrogens is 609 g/mol. The third kappa shape index (κ3) is 8.29. The van der Waals surface area contributed by atoms with Gasteiger partial charge in [0, 0.05) is 33.7 Å². The third-order valence-corrected chi connectivity index (χ3v) is 9.03. The highest BCUT2D eigenvalue weighted by Crippen LogP contribution is 2.29. The molecule has 0 aliphatic rings. The van der Waals surface area contributed by atoms with Crippen LogP contribution >= 0.6 is 34.8 Å². The number of benzene rings is 3. The van der Waals surface area contributed by atoms with Gasteiger partial charge >= 0.3 is 0 Å². The minimum atomic E-state index is -4.24. The standard InChI is InChI=1S/C29H32Cl3N3O5S/c1-19(2)16-33-29(37)20(3)34(17-25-26(31)6-5-7-27(25)32)28(36)18-35(22-10-8-21(30)9-11-22)41(38,39)24-14-12-23(40-4)13-15-24/h5-15,19-20H,16-18H2,1-4H3,(H,33,37). The van der Waals surface area contributed by atoms with E-state index in [9.17, 15) is 18.0 Å².